The second-order valence-electron chi connectivity index (χ2n) is 4.17. The summed E-state index contributed by atoms with van der Waals surface area (Å²) >= 11 is 0. The van der Waals surface area contributed by atoms with Crippen molar-refractivity contribution in [3.8, 4) is 0 Å². The number of hydrogen-bond donors (Lipinski definition) is 2. The fraction of sp³-hybridized carbons (Fsp3) is 0.818. The highest BCUT2D eigenvalue weighted by Crippen LogP contribution is 2.28. The predicted octanol–water partition coefficient (Wildman–Crippen LogP) is 1.37. The third-order valence-corrected chi connectivity index (χ3v) is 2.86. The number of hydrogen-bond acceptors (Lipinski definition) is 3. The molecule has 0 aliphatic heterocycles. The van der Waals surface area contributed by atoms with Crippen molar-refractivity contribution in [2.24, 2.45) is 16.6 Å². The maximum absolute atomic E-state index is 10.5. The molecule has 1 fully saturated rings. The van der Waals surface area contributed by atoms with Gasteiger partial charge in [0.15, 0.2) is 0 Å². The van der Waals surface area contributed by atoms with Crippen molar-refractivity contribution in [2.45, 2.75) is 45.1 Å². The van der Waals surface area contributed by atoms with Gasteiger partial charge in [-0.25, -0.2) is 4.99 Å². The van der Waals surface area contributed by atoms with E-state index in [2.05, 4.69) is 4.99 Å². The smallest absolute Gasteiger partial charge is 0.303 e. The molecule has 16 heavy (non-hydrogen) atoms. The Kier molecular flexibility index (Phi) is 5.08. The van der Waals surface area contributed by atoms with Crippen LogP contribution in [-0.4, -0.2) is 29.7 Å². The summed E-state index contributed by atoms with van der Waals surface area (Å²) in [5, 5.41) is 8.68. The Bertz CT molecular complexity index is 258. The van der Waals surface area contributed by atoms with Crippen LogP contribution in [0.1, 0.15) is 39.0 Å². The molecule has 92 valence electrons. The summed E-state index contributed by atoms with van der Waals surface area (Å²) in [5.41, 5.74) is 5.56. The Morgan fingerprint density at radius 3 is 2.56 bits per heavy atom. The van der Waals surface area contributed by atoms with Crippen molar-refractivity contribution in [3.63, 3.8) is 0 Å². The van der Waals surface area contributed by atoms with Gasteiger partial charge in [0.1, 0.15) is 6.10 Å². The quantitative estimate of drug-likeness (QED) is 0.562. The first kappa shape index (κ1) is 12.8. The molecule has 1 aliphatic carbocycles. The van der Waals surface area contributed by atoms with Gasteiger partial charge in [0, 0.05) is 13.0 Å². The molecule has 0 spiro atoms. The van der Waals surface area contributed by atoms with Gasteiger partial charge < -0.3 is 15.6 Å². The first-order valence-corrected chi connectivity index (χ1v) is 5.80. The SMILES string of the molecule is CC/N=C(\N)O[C@H]1CC[C@H](CC(=O)O)CC1. The van der Waals surface area contributed by atoms with Crippen molar-refractivity contribution in [2.75, 3.05) is 6.54 Å². The summed E-state index contributed by atoms with van der Waals surface area (Å²) in [4.78, 5) is 14.5. The molecule has 3 N–H and O–H groups in total. The van der Waals surface area contributed by atoms with Gasteiger partial charge in [-0.3, -0.25) is 4.79 Å². The predicted molar refractivity (Wildman–Crippen MR) is 61.2 cm³/mol. The van der Waals surface area contributed by atoms with Crippen LogP contribution in [0, 0.1) is 5.92 Å². The average molecular weight is 228 g/mol. The first-order valence-electron chi connectivity index (χ1n) is 5.80. The third kappa shape index (κ3) is 4.51. The van der Waals surface area contributed by atoms with Gasteiger partial charge in [-0.2, -0.15) is 0 Å². The number of carboxylic acids is 1. The molecule has 1 saturated carbocycles. The highest BCUT2D eigenvalue weighted by atomic mass is 16.5. The zero-order valence-corrected chi connectivity index (χ0v) is 9.69. The Balaban J connectivity index is 2.26. The van der Waals surface area contributed by atoms with E-state index in [1.165, 1.54) is 0 Å². The Hall–Kier alpha value is -1.26. The van der Waals surface area contributed by atoms with Crippen molar-refractivity contribution < 1.29 is 14.6 Å². The lowest BCUT2D eigenvalue weighted by Gasteiger charge is -2.27. The van der Waals surface area contributed by atoms with Crippen LogP contribution in [-0.2, 0) is 9.53 Å². The fourth-order valence-corrected chi connectivity index (χ4v) is 2.06. The lowest BCUT2D eigenvalue weighted by Crippen LogP contribution is -2.29. The summed E-state index contributed by atoms with van der Waals surface area (Å²) in [6.07, 6.45) is 3.92. The van der Waals surface area contributed by atoms with Crippen molar-refractivity contribution in [3.05, 3.63) is 0 Å². The number of aliphatic carboxylic acids is 1. The largest absolute Gasteiger partial charge is 0.481 e. The van der Waals surface area contributed by atoms with E-state index >= 15 is 0 Å². The van der Waals surface area contributed by atoms with Crippen molar-refractivity contribution in [1.29, 1.82) is 0 Å². The van der Waals surface area contributed by atoms with Gasteiger partial charge in [0.25, 0.3) is 6.02 Å². The molecule has 0 heterocycles. The number of carbonyl (C=O) groups is 1. The molecule has 0 amide bonds. The highest BCUT2D eigenvalue weighted by molar-refractivity contribution is 5.71. The van der Waals surface area contributed by atoms with Crippen LogP contribution in [0.25, 0.3) is 0 Å². The summed E-state index contributed by atoms with van der Waals surface area (Å²) in [6.45, 7) is 2.53. The van der Waals surface area contributed by atoms with Gasteiger partial charge >= 0.3 is 5.97 Å². The van der Waals surface area contributed by atoms with E-state index in [9.17, 15) is 4.79 Å². The second-order valence-corrected chi connectivity index (χ2v) is 4.17. The van der Waals surface area contributed by atoms with Gasteiger partial charge in [0.2, 0.25) is 0 Å². The van der Waals surface area contributed by atoms with Crippen molar-refractivity contribution >= 4 is 12.0 Å². The molecule has 0 radical (unpaired) electrons. The molecule has 0 aromatic rings. The summed E-state index contributed by atoms with van der Waals surface area (Å²) < 4.78 is 5.47. The Morgan fingerprint density at radius 1 is 1.44 bits per heavy atom. The minimum atomic E-state index is -0.712. The number of nitrogens with zero attached hydrogens (tertiary/aromatic N) is 1. The standard InChI is InChI=1S/C11H20N2O3/c1-2-13-11(12)16-9-5-3-8(4-6-9)7-10(14)15/h8-9H,2-7H2,1H3,(H2,12,13)(H,14,15)/t8-,9-. The highest BCUT2D eigenvalue weighted by Gasteiger charge is 2.24. The number of ether oxygens (including phenoxy) is 1. The van der Waals surface area contributed by atoms with E-state index in [1.54, 1.807) is 0 Å². The van der Waals surface area contributed by atoms with Gasteiger partial charge in [-0.05, 0) is 38.5 Å². The lowest BCUT2D eigenvalue weighted by molar-refractivity contribution is -0.138. The number of rotatable bonds is 4. The topological polar surface area (TPSA) is 84.9 Å². The van der Waals surface area contributed by atoms with Gasteiger partial charge in [-0.1, -0.05) is 0 Å². The maximum atomic E-state index is 10.5. The molecule has 0 unspecified atom stereocenters. The van der Waals surface area contributed by atoms with Crippen LogP contribution in [0.3, 0.4) is 0 Å². The number of aliphatic imine (C=N–C) groups is 1. The number of amidine groups is 1. The molecular formula is C11H20N2O3. The zero-order chi connectivity index (χ0) is 12.0. The van der Waals surface area contributed by atoms with Crippen LogP contribution >= 0.6 is 0 Å². The minimum absolute atomic E-state index is 0.111. The van der Waals surface area contributed by atoms with E-state index in [-0.39, 0.29) is 18.5 Å². The molecule has 0 bridgehead atoms. The van der Waals surface area contributed by atoms with Gasteiger partial charge in [0.05, 0.1) is 0 Å². The molecule has 1 aliphatic rings. The first-order chi connectivity index (χ1) is 7.61. The van der Waals surface area contributed by atoms with Crippen LogP contribution < -0.4 is 5.73 Å². The summed E-state index contributed by atoms with van der Waals surface area (Å²) in [7, 11) is 0. The Labute approximate surface area is 95.7 Å². The van der Waals surface area contributed by atoms with E-state index in [4.69, 9.17) is 15.6 Å². The molecule has 1 rings (SSSR count). The molecule has 0 atom stereocenters. The molecular weight excluding hydrogens is 208 g/mol. The lowest BCUT2D eigenvalue weighted by atomic mass is 9.85. The monoisotopic (exact) mass is 228 g/mol. The molecule has 0 aromatic heterocycles. The second kappa shape index (κ2) is 6.35. The maximum Gasteiger partial charge on any atom is 0.303 e. The average Bonchev–Trinajstić information content (AvgIpc) is 2.20. The van der Waals surface area contributed by atoms with E-state index in [0.29, 0.717) is 12.5 Å². The van der Waals surface area contributed by atoms with Crippen LogP contribution in [0.4, 0.5) is 0 Å². The minimum Gasteiger partial charge on any atom is -0.481 e. The van der Waals surface area contributed by atoms with E-state index < -0.39 is 5.97 Å². The summed E-state index contributed by atoms with van der Waals surface area (Å²) in [6, 6.07) is 0.254. The molecule has 0 aromatic carbocycles. The summed E-state index contributed by atoms with van der Waals surface area (Å²) in [5.74, 6) is -0.418. The number of carboxylic acid groups (broad SMARTS) is 1. The van der Waals surface area contributed by atoms with Crippen LogP contribution in [0.15, 0.2) is 4.99 Å². The molecule has 0 saturated heterocycles. The van der Waals surface area contributed by atoms with E-state index in [1.807, 2.05) is 6.92 Å². The van der Waals surface area contributed by atoms with Crippen LogP contribution in [0.5, 0.6) is 0 Å². The zero-order valence-electron chi connectivity index (χ0n) is 9.69. The van der Waals surface area contributed by atoms with Crippen molar-refractivity contribution in [1.82, 2.24) is 0 Å². The van der Waals surface area contributed by atoms with Crippen LogP contribution in [0.2, 0.25) is 0 Å². The normalized spacial score (nSPS) is 26.4. The van der Waals surface area contributed by atoms with E-state index in [0.717, 1.165) is 25.7 Å². The number of nitrogens with two attached hydrogens (primary N) is 1. The van der Waals surface area contributed by atoms with Gasteiger partial charge in [-0.15, -0.1) is 0 Å². The Morgan fingerprint density at radius 2 is 2.06 bits per heavy atom. The fourth-order valence-electron chi connectivity index (χ4n) is 2.06. The third-order valence-electron chi connectivity index (χ3n) is 2.86. The molecule has 5 nitrogen and oxygen atoms in total. The molecule has 5 heteroatoms.